The predicted molar refractivity (Wildman–Crippen MR) is 111 cm³/mol. The molecule has 0 radical (unpaired) electrons. The fourth-order valence-corrected chi connectivity index (χ4v) is 5.35. The Hall–Kier alpha value is -2.70. The number of carbonyl (C=O) groups excluding carboxylic acids is 1. The van der Waals surface area contributed by atoms with Crippen LogP contribution in [0.25, 0.3) is 10.8 Å². The van der Waals surface area contributed by atoms with Gasteiger partial charge in [0.2, 0.25) is 10.0 Å². The van der Waals surface area contributed by atoms with Gasteiger partial charge >= 0.3 is 0 Å². The van der Waals surface area contributed by atoms with E-state index in [1.54, 1.807) is 46.8 Å². The first kappa shape index (κ1) is 18.7. The molecular formula is C22H22N2O3S. The third kappa shape index (κ3) is 3.53. The molecule has 5 nitrogen and oxygen atoms in total. The molecule has 1 N–H and O–H groups in total. The van der Waals surface area contributed by atoms with Gasteiger partial charge in [-0.25, -0.2) is 8.42 Å². The summed E-state index contributed by atoms with van der Waals surface area (Å²) in [7, 11) is -3.57. The molecule has 1 aliphatic heterocycles. The number of amides is 1. The van der Waals surface area contributed by atoms with Crippen molar-refractivity contribution in [2.45, 2.75) is 24.2 Å². The smallest absolute Gasteiger partial charge is 0.255 e. The zero-order valence-corrected chi connectivity index (χ0v) is 16.3. The molecule has 3 aromatic carbocycles. The van der Waals surface area contributed by atoms with Crippen molar-refractivity contribution < 1.29 is 13.2 Å². The van der Waals surface area contributed by atoms with Gasteiger partial charge in [-0.05, 0) is 37.1 Å². The number of carbonyl (C=O) groups is 1. The van der Waals surface area contributed by atoms with Gasteiger partial charge in [-0.1, -0.05) is 48.9 Å². The minimum atomic E-state index is -3.57. The maximum absolute atomic E-state index is 13.2. The number of piperidine rings is 1. The Bertz CT molecular complexity index is 1110. The number of anilines is 1. The van der Waals surface area contributed by atoms with Crippen molar-refractivity contribution in [3.63, 3.8) is 0 Å². The number of rotatable bonds is 4. The summed E-state index contributed by atoms with van der Waals surface area (Å²) >= 11 is 0. The highest BCUT2D eigenvalue weighted by Gasteiger charge is 2.28. The number of benzene rings is 3. The van der Waals surface area contributed by atoms with Crippen molar-refractivity contribution in [1.29, 1.82) is 0 Å². The first-order valence-corrected chi connectivity index (χ1v) is 10.9. The summed E-state index contributed by atoms with van der Waals surface area (Å²) in [4.78, 5) is 12.8. The van der Waals surface area contributed by atoms with E-state index in [2.05, 4.69) is 5.32 Å². The highest BCUT2D eigenvalue weighted by Crippen LogP contribution is 2.32. The lowest BCUT2D eigenvalue weighted by Crippen LogP contribution is -2.35. The van der Waals surface area contributed by atoms with Gasteiger partial charge in [-0.15, -0.1) is 0 Å². The van der Waals surface area contributed by atoms with Gasteiger partial charge in [-0.2, -0.15) is 4.31 Å². The van der Waals surface area contributed by atoms with E-state index in [9.17, 15) is 13.2 Å². The summed E-state index contributed by atoms with van der Waals surface area (Å²) < 4.78 is 28.0. The van der Waals surface area contributed by atoms with Crippen molar-refractivity contribution in [2.75, 3.05) is 18.4 Å². The van der Waals surface area contributed by atoms with E-state index in [-0.39, 0.29) is 5.91 Å². The highest BCUT2D eigenvalue weighted by atomic mass is 32.2. The Balaban J connectivity index is 1.74. The Morgan fingerprint density at radius 3 is 2.14 bits per heavy atom. The van der Waals surface area contributed by atoms with Crippen molar-refractivity contribution >= 4 is 32.4 Å². The Labute approximate surface area is 165 Å². The Morgan fingerprint density at radius 1 is 0.786 bits per heavy atom. The van der Waals surface area contributed by atoms with Gasteiger partial charge in [0.05, 0.1) is 4.90 Å². The van der Waals surface area contributed by atoms with E-state index in [0.717, 1.165) is 19.3 Å². The van der Waals surface area contributed by atoms with Crippen LogP contribution in [-0.4, -0.2) is 31.7 Å². The first-order valence-electron chi connectivity index (χ1n) is 9.46. The average molecular weight is 394 g/mol. The molecule has 1 heterocycles. The van der Waals surface area contributed by atoms with Gasteiger partial charge in [-0.3, -0.25) is 4.79 Å². The number of hydrogen-bond donors (Lipinski definition) is 1. The van der Waals surface area contributed by atoms with Crippen LogP contribution >= 0.6 is 0 Å². The minimum Gasteiger partial charge on any atom is -0.321 e. The van der Waals surface area contributed by atoms with Gasteiger partial charge in [0.1, 0.15) is 0 Å². The zero-order valence-electron chi connectivity index (χ0n) is 15.5. The molecule has 6 heteroatoms. The molecule has 1 aliphatic rings. The molecule has 0 aliphatic carbocycles. The van der Waals surface area contributed by atoms with E-state index in [1.165, 1.54) is 0 Å². The molecule has 3 aromatic rings. The van der Waals surface area contributed by atoms with Crippen molar-refractivity contribution in [3.05, 3.63) is 72.3 Å². The van der Waals surface area contributed by atoms with Crippen molar-refractivity contribution in [1.82, 2.24) is 4.31 Å². The number of fused-ring (bicyclic) bond motifs is 1. The van der Waals surface area contributed by atoms with Gasteiger partial charge in [0.25, 0.3) is 5.91 Å². The molecule has 144 valence electrons. The van der Waals surface area contributed by atoms with E-state index in [4.69, 9.17) is 0 Å². The molecular weight excluding hydrogens is 372 g/mol. The second kappa shape index (κ2) is 7.73. The maximum atomic E-state index is 13.2. The normalized spacial score (nSPS) is 15.4. The SMILES string of the molecule is O=C(Nc1ccc(S(=O)(=O)N2CCCCC2)c2ccccc12)c1ccccc1. The van der Waals surface area contributed by atoms with Crippen LogP contribution in [0.15, 0.2) is 71.6 Å². The molecule has 0 spiro atoms. The fourth-order valence-electron chi connectivity index (χ4n) is 3.63. The molecule has 1 saturated heterocycles. The quantitative estimate of drug-likeness (QED) is 0.719. The fraction of sp³-hybridized carbons (Fsp3) is 0.227. The topological polar surface area (TPSA) is 66.5 Å². The van der Waals surface area contributed by atoms with Crippen LogP contribution in [-0.2, 0) is 10.0 Å². The molecule has 0 saturated carbocycles. The van der Waals surface area contributed by atoms with Crippen LogP contribution in [0.4, 0.5) is 5.69 Å². The Morgan fingerprint density at radius 2 is 1.43 bits per heavy atom. The van der Waals surface area contributed by atoms with Crippen LogP contribution in [0.3, 0.4) is 0 Å². The first-order chi connectivity index (χ1) is 13.6. The molecule has 0 atom stereocenters. The van der Waals surface area contributed by atoms with Crippen LogP contribution in [0, 0.1) is 0 Å². The summed E-state index contributed by atoms with van der Waals surface area (Å²) in [5, 5.41) is 4.25. The minimum absolute atomic E-state index is 0.225. The Kier molecular flexibility index (Phi) is 5.15. The van der Waals surface area contributed by atoms with Crippen molar-refractivity contribution in [3.8, 4) is 0 Å². The second-order valence-corrected chi connectivity index (χ2v) is 8.85. The summed E-state index contributed by atoms with van der Waals surface area (Å²) in [5.41, 5.74) is 1.15. The molecule has 0 bridgehead atoms. The van der Waals surface area contributed by atoms with Crippen molar-refractivity contribution in [2.24, 2.45) is 0 Å². The van der Waals surface area contributed by atoms with Crippen LogP contribution in [0.1, 0.15) is 29.6 Å². The lowest BCUT2D eigenvalue weighted by Gasteiger charge is -2.26. The molecule has 1 fully saturated rings. The third-order valence-electron chi connectivity index (χ3n) is 5.10. The van der Waals surface area contributed by atoms with Crippen LogP contribution in [0.2, 0.25) is 0 Å². The van der Waals surface area contributed by atoms with Gasteiger partial charge in [0, 0.05) is 35.1 Å². The summed E-state index contributed by atoms with van der Waals surface area (Å²) in [6.45, 7) is 1.12. The molecule has 1 amide bonds. The maximum Gasteiger partial charge on any atom is 0.255 e. The van der Waals surface area contributed by atoms with E-state index < -0.39 is 10.0 Å². The number of nitrogens with zero attached hydrogens (tertiary/aromatic N) is 1. The average Bonchev–Trinajstić information content (AvgIpc) is 2.75. The number of sulfonamides is 1. The van der Waals surface area contributed by atoms with E-state index in [0.29, 0.717) is 40.0 Å². The van der Waals surface area contributed by atoms with Gasteiger partial charge in [0.15, 0.2) is 0 Å². The number of hydrogen-bond acceptors (Lipinski definition) is 3. The lowest BCUT2D eigenvalue weighted by molar-refractivity contribution is 0.102. The largest absolute Gasteiger partial charge is 0.321 e. The molecule has 28 heavy (non-hydrogen) atoms. The van der Waals surface area contributed by atoms with Gasteiger partial charge < -0.3 is 5.32 Å². The third-order valence-corrected chi connectivity index (χ3v) is 7.06. The molecule has 0 aromatic heterocycles. The summed E-state index contributed by atoms with van der Waals surface area (Å²) in [6.07, 6.45) is 2.85. The predicted octanol–water partition coefficient (Wildman–Crippen LogP) is 4.27. The lowest BCUT2D eigenvalue weighted by atomic mass is 10.1. The van der Waals surface area contributed by atoms with E-state index in [1.807, 2.05) is 24.3 Å². The summed E-state index contributed by atoms with van der Waals surface area (Å²) in [5.74, 6) is -0.225. The zero-order chi connectivity index (χ0) is 19.6. The van der Waals surface area contributed by atoms with Crippen LogP contribution < -0.4 is 5.32 Å². The monoisotopic (exact) mass is 394 g/mol. The molecule has 4 rings (SSSR count). The number of nitrogens with one attached hydrogen (secondary N) is 1. The second-order valence-electron chi connectivity index (χ2n) is 6.94. The van der Waals surface area contributed by atoms with Crippen LogP contribution in [0.5, 0.6) is 0 Å². The highest BCUT2D eigenvalue weighted by molar-refractivity contribution is 7.89. The van der Waals surface area contributed by atoms with E-state index >= 15 is 0 Å². The standard InChI is InChI=1S/C22H22N2O3S/c25-22(17-9-3-1-4-10-17)23-20-13-14-21(19-12-6-5-11-18(19)20)28(26,27)24-15-7-2-8-16-24/h1,3-6,9-14H,2,7-8,15-16H2,(H,23,25). The molecule has 0 unspecified atom stereocenters. The summed E-state index contributed by atoms with van der Waals surface area (Å²) in [6, 6.07) is 19.5.